The molecule has 1 aliphatic rings. The Labute approximate surface area is 160 Å². The lowest BCUT2D eigenvalue weighted by molar-refractivity contribution is -0.644. The van der Waals surface area contributed by atoms with E-state index in [0.717, 1.165) is 26.2 Å². The smallest absolute Gasteiger partial charge is 0.214 e. The maximum atomic E-state index is 2.49. The van der Waals surface area contributed by atoms with Gasteiger partial charge in [-0.2, -0.15) is 0 Å². The van der Waals surface area contributed by atoms with Gasteiger partial charge in [-0.3, -0.25) is 0 Å². The molecule has 0 radical (unpaired) electrons. The van der Waals surface area contributed by atoms with Crippen molar-refractivity contribution in [2.45, 2.75) is 0 Å². The van der Waals surface area contributed by atoms with Crippen LogP contribution >= 0.6 is 0 Å². The summed E-state index contributed by atoms with van der Waals surface area (Å²) in [7, 11) is 2.11. The molecule has 4 rings (SSSR count). The van der Waals surface area contributed by atoms with Gasteiger partial charge in [-0.25, -0.2) is 4.57 Å². The second kappa shape index (κ2) is 7.38. The molecule has 0 N–H and O–H groups in total. The highest BCUT2D eigenvalue weighted by Gasteiger charge is 2.18. The van der Waals surface area contributed by atoms with Gasteiger partial charge in [0.2, 0.25) is 5.52 Å². The molecule has 0 bridgehead atoms. The molecular weight excluding hydrogens is 409 g/mol. The number of anilines is 2. The van der Waals surface area contributed by atoms with Crippen molar-refractivity contribution in [1.29, 1.82) is 0 Å². The van der Waals surface area contributed by atoms with E-state index in [4.69, 9.17) is 0 Å². The molecule has 1 aliphatic heterocycles. The number of pyridine rings is 1. The molecule has 1 saturated heterocycles. The van der Waals surface area contributed by atoms with Crippen LogP contribution < -0.4 is 38.3 Å². The zero-order valence-electron chi connectivity index (χ0n) is 13.9. The Balaban J connectivity index is 0.00000169. The first kappa shape index (κ1) is 17.0. The topological polar surface area (TPSA) is 10.4 Å². The molecule has 1 aromatic heterocycles. The molecule has 2 heterocycles. The monoisotopic (exact) mass is 431 g/mol. The van der Waals surface area contributed by atoms with Gasteiger partial charge >= 0.3 is 0 Å². The average molecular weight is 431 g/mol. The lowest BCUT2D eigenvalue weighted by atomic mass is 10.1. The van der Waals surface area contributed by atoms with Crippen LogP contribution in [0.4, 0.5) is 11.4 Å². The summed E-state index contributed by atoms with van der Waals surface area (Å²) in [5.74, 6) is 0. The zero-order chi connectivity index (χ0) is 15.6. The molecule has 1 fully saturated rings. The minimum atomic E-state index is 0. The Morgan fingerprint density at radius 2 is 1.42 bits per heavy atom. The average Bonchev–Trinajstić information content (AvgIpc) is 2.63. The van der Waals surface area contributed by atoms with Crippen LogP contribution in [0, 0.1) is 0 Å². The van der Waals surface area contributed by atoms with Crippen molar-refractivity contribution in [3.8, 4) is 0 Å². The van der Waals surface area contributed by atoms with Crippen LogP contribution in [0.1, 0.15) is 0 Å². The van der Waals surface area contributed by atoms with Crippen LogP contribution in [-0.2, 0) is 7.05 Å². The highest BCUT2D eigenvalue weighted by atomic mass is 127. The zero-order valence-corrected chi connectivity index (χ0v) is 16.1. The largest absolute Gasteiger partial charge is 1.00 e. The van der Waals surface area contributed by atoms with E-state index in [1.165, 1.54) is 22.3 Å². The van der Waals surface area contributed by atoms with Crippen LogP contribution in [0.3, 0.4) is 0 Å². The summed E-state index contributed by atoms with van der Waals surface area (Å²) < 4.78 is 2.19. The van der Waals surface area contributed by atoms with E-state index in [1.54, 1.807) is 0 Å². The third-order valence-corrected chi connectivity index (χ3v) is 4.75. The van der Waals surface area contributed by atoms with E-state index in [-0.39, 0.29) is 24.0 Å². The van der Waals surface area contributed by atoms with Gasteiger partial charge in [0, 0.05) is 55.1 Å². The summed E-state index contributed by atoms with van der Waals surface area (Å²) in [5.41, 5.74) is 3.94. The highest BCUT2D eigenvalue weighted by Crippen LogP contribution is 2.23. The standard InChI is InChI=1S/C20H22N3.HI/c1-21-11-5-6-17-9-10-19(16-20(17)21)23-14-12-22(13-15-23)18-7-3-2-4-8-18;/h2-11,16H,12-15H2,1H3;1H/q+1;/p-1. The van der Waals surface area contributed by atoms with Gasteiger partial charge in [0.1, 0.15) is 7.05 Å². The second-order valence-electron chi connectivity index (χ2n) is 6.17. The molecule has 4 heteroatoms. The molecule has 24 heavy (non-hydrogen) atoms. The van der Waals surface area contributed by atoms with Gasteiger partial charge in [-0.15, -0.1) is 0 Å². The number of halogens is 1. The Hall–Kier alpha value is -1.82. The van der Waals surface area contributed by atoms with Gasteiger partial charge in [-0.05, 0) is 30.3 Å². The fourth-order valence-corrected chi connectivity index (χ4v) is 3.39. The maximum Gasteiger partial charge on any atom is 0.214 e. The van der Waals surface area contributed by atoms with E-state index >= 15 is 0 Å². The molecule has 0 amide bonds. The SMILES string of the molecule is C[n+]1cccc2ccc(N3CCN(c4ccccc4)CC3)cc21.[I-]. The van der Waals surface area contributed by atoms with Crippen LogP contribution in [-0.4, -0.2) is 26.2 Å². The van der Waals surface area contributed by atoms with Crippen LogP contribution in [0.25, 0.3) is 10.9 Å². The third-order valence-electron chi connectivity index (χ3n) is 4.75. The number of nitrogens with zero attached hydrogens (tertiary/aromatic N) is 3. The summed E-state index contributed by atoms with van der Waals surface area (Å²) >= 11 is 0. The minimum Gasteiger partial charge on any atom is -1.00 e. The fourth-order valence-electron chi connectivity index (χ4n) is 3.39. The Morgan fingerprint density at radius 1 is 0.750 bits per heavy atom. The van der Waals surface area contributed by atoms with Crippen molar-refractivity contribution >= 4 is 22.3 Å². The van der Waals surface area contributed by atoms with Crippen LogP contribution in [0.5, 0.6) is 0 Å². The number of fused-ring (bicyclic) bond motifs is 1. The third kappa shape index (κ3) is 3.34. The fraction of sp³-hybridized carbons (Fsp3) is 0.250. The first-order chi connectivity index (χ1) is 11.3. The molecule has 0 spiro atoms. The van der Waals surface area contributed by atoms with Crippen LogP contribution in [0.2, 0.25) is 0 Å². The maximum absolute atomic E-state index is 2.49. The molecule has 0 atom stereocenters. The predicted octanol–water partition coefficient (Wildman–Crippen LogP) is -0.00510. The number of hydrogen-bond acceptors (Lipinski definition) is 2. The molecular formula is C20H22IN3. The van der Waals surface area contributed by atoms with Crippen molar-refractivity contribution in [3.05, 3.63) is 66.9 Å². The van der Waals surface area contributed by atoms with Gasteiger partial charge in [-0.1, -0.05) is 18.2 Å². The van der Waals surface area contributed by atoms with Gasteiger partial charge in [0.25, 0.3) is 0 Å². The van der Waals surface area contributed by atoms with Crippen molar-refractivity contribution < 1.29 is 28.5 Å². The number of rotatable bonds is 2. The Kier molecular flexibility index (Phi) is 5.23. The molecule has 124 valence electrons. The summed E-state index contributed by atoms with van der Waals surface area (Å²) in [6.07, 6.45) is 2.11. The number of aromatic nitrogens is 1. The molecule has 3 aromatic rings. The quantitative estimate of drug-likeness (QED) is 0.418. The van der Waals surface area contributed by atoms with Crippen molar-refractivity contribution in [1.82, 2.24) is 0 Å². The van der Waals surface area contributed by atoms with Crippen LogP contribution in [0.15, 0.2) is 66.9 Å². The number of aryl methyl sites for hydroxylation is 1. The van der Waals surface area contributed by atoms with E-state index in [1.807, 2.05) is 0 Å². The number of benzene rings is 2. The molecule has 0 aliphatic carbocycles. The van der Waals surface area contributed by atoms with Gasteiger partial charge in [0.05, 0.1) is 0 Å². The molecule has 3 nitrogen and oxygen atoms in total. The summed E-state index contributed by atoms with van der Waals surface area (Å²) in [6, 6.07) is 21.8. The second-order valence-corrected chi connectivity index (χ2v) is 6.17. The van der Waals surface area contributed by atoms with E-state index in [0.29, 0.717) is 0 Å². The number of para-hydroxylation sites is 1. The lowest BCUT2D eigenvalue weighted by Crippen LogP contribution is -3.00. The van der Waals surface area contributed by atoms with E-state index in [9.17, 15) is 0 Å². The molecule has 0 saturated carbocycles. The van der Waals surface area contributed by atoms with Gasteiger partial charge in [0.15, 0.2) is 6.20 Å². The minimum absolute atomic E-state index is 0. The van der Waals surface area contributed by atoms with Gasteiger partial charge < -0.3 is 33.8 Å². The molecule has 2 aromatic carbocycles. The highest BCUT2D eigenvalue weighted by molar-refractivity contribution is 5.79. The summed E-state index contributed by atoms with van der Waals surface area (Å²) in [6.45, 7) is 4.28. The van der Waals surface area contributed by atoms with Crippen molar-refractivity contribution in [2.24, 2.45) is 7.05 Å². The van der Waals surface area contributed by atoms with E-state index < -0.39 is 0 Å². The van der Waals surface area contributed by atoms with Crippen molar-refractivity contribution in [2.75, 3.05) is 36.0 Å². The first-order valence-electron chi connectivity index (χ1n) is 8.25. The number of hydrogen-bond donors (Lipinski definition) is 0. The summed E-state index contributed by atoms with van der Waals surface area (Å²) in [5, 5.41) is 1.29. The van der Waals surface area contributed by atoms with E-state index in [2.05, 4.69) is 88.3 Å². The van der Waals surface area contributed by atoms with Crippen molar-refractivity contribution in [3.63, 3.8) is 0 Å². The molecule has 0 unspecified atom stereocenters. The Morgan fingerprint density at radius 3 is 2.12 bits per heavy atom. The lowest BCUT2D eigenvalue weighted by Gasteiger charge is -2.37. The summed E-state index contributed by atoms with van der Waals surface area (Å²) in [4.78, 5) is 4.96. The first-order valence-corrected chi connectivity index (χ1v) is 8.25. The number of piperazine rings is 1. The Bertz CT molecular complexity index is 811. The normalized spacial score (nSPS) is 14.5. The predicted molar refractivity (Wildman–Crippen MR) is 96.0 cm³/mol.